The van der Waals surface area contributed by atoms with E-state index in [1.54, 1.807) is 6.08 Å². The van der Waals surface area contributed by atoms with Crippen molar-refractivity contribution in [3.63, 3.8) is 0 Å². The molecule has 0 aromatic rings. The Morgan fingerprint density at radius 1 is 1.00 bits per heavy atom. The molecule has 2 bridgehead atoms. The third-order valence-corrected chi connectivity index (χ3v) is 11.0. The second-order valence-electron chi connectivity index (χ2n) is 12.2. The highest BCUT2D eigenvalue weighted by Crippen LogP contribution is 2.65. The van der Waals surface area contributed by atoms with Crippen molar-refractivity contribution in [1.29, 1.82) is 0 Å². The van der Waals surface area contributed by atoms with Crippen molar-refractivity contribution in [2.45, 2.75) is 96.1 Å². The minimum atomic E-state index is -0.172. The molecule has 5 aliphatic carbocycles. The summed E-state index contributed by atoms with van der Waals surface area (Å²) >= 11 is 0. The van der Waals surface area contributed by atoms with Gasteiger partial charge < -0.3 is 10.1 Å². The lowest BCUT2D eigenvalue weighted by atomic mass is 9.48. The molecule has 0 unspecified atom stereocenters. The average Bonchev–Trinajstić information content (AvgIpc) is 3.40. The summed E-state index contributed by atoms with van der Waals surface area (Å²) in [5, 5.41) is 3.61. The van der Waals surface area contributed by atoms with Crippen LogP contribution in [0.1, 0.15) is 84.5 Å². The number of carbonyl (C=O) groups is 2. The zero-order valence-corrected chi connectivity index (χ0v) is 18.6. The Kier molecular flexibility index (Phi) is 4.10. The molecule has 1 heterocycles. The van der Waals surface area contributed by atoms with Gasteiger partial charge in [-0.25, -0.2) is 4.79 Å². The van der Waals surface area contributed by atoms with Crippen molar-refractivity contribution < 1.29 is 14.3 Å². The summed E-state index contributed by atoms with van der Waals surface area (Å²) in [5.74, 6) is 3.11. The van der Waals surface area contributed by atoms with Crippen LogP contribution >= 0.6 is 0 Å². The molecule has 4 nitrogen and oxygen atoms in total. The zero-order valence-electron chi connectivity index (χ0n) is 18.6. The number of carbonyl (C=O) groups excluding carboxylic acids is 2. The fraction of sp³-hybridized carbons (Fsp3) is 0.846. The van der Waals surface area contributed by atoms with E-state index in [-0.39, 0.29) is 34.4 Å². The second-order valence-corrected chi connectivity index (χ2v) is 12.2. The van der Waals surface area contributed by atoms with Crippen molar-refractivity contribution in [3.05, 3.63) is 12.2 Å². The Balaban J connectivity index is 1.22. The first kappa shape index (κ1) is 19.4. The predicted octanol–water partition coefficient (Wildman–Crippen LogP) is 4.78. The summed E-state index contributed by atoms with van der Waals surface area (Å²) in [6, 6.07) is 0. The van der Waals surface area contributed by atoms with E-state index in [1.807, 2.05) is 0 Å². The zero-order chi connectivity index (χ0) is 20.7. The SMILES string of the molecule is C[C@]12C=CC(=O)O[C@@H]1CC[C@@H]1[C@@H]2CC[C@]2(C)[C@@H](C(=O)NC34CCC(CC3)C4)CC[C@@H]12. The molecule has 30 heavy (non-hydrogen) atoms. The van der Waals surface area contributed by atoms with Gasteiger partial charge in [0.25, 0.3) is 0 Å². The lowest BCUT2D eigenvalue weighted by molar-refractivity contribution is -0.168. The highest BCUT2D eigenvalue weighted by atomic mass is 16.5. The van der Waals surface area contributed by atoms with Crippen LogP contribution in [0.4, 0.5) is 0 Å². The van der Waals surface area contributed by atoms with E-state index in [2.05, 4.69) is 25.2 Å². The van der Waals surface area contributed by atoms with Crippen molar-refractivity contribution in [1.82, 2.24) is 5.32 Å². The van der Waals surface area contributed by atoms with Gasteiger partial charge >= 0.3 is 5.97 Å². The molecule has 164 valence electrons. The molecule has 1 amide bonds. The Labute approximate surface area is 180 Å². The molecule has 0 aromatic carbocycles. The first-order chi connectivity index (χ1) is 14.3. The van der Waals surface area contributed by atoms with Crippen molar-refractivity contribution in [2.24, 2.45) is 40.4 Å². The fourth-order valence-corrected chi connectivity index (χ4v) is 9.35. The third kappa shape index (κ3) is 2.57. The molecule has 7 atom stereocenters. The normalized spacial score (nSPS) is 53.6. The van der Waals surface area contributed by atoms with Crippen LogP contribution < -0.4 is 5.32 Å². The molecule has 1 N–H and O–H groups in total. The molecular formula is C26H37NO3. The highest BCUT2D eigenvalue weighted by molar-refractivity contribution is 5.83. The number of esters is 1. The van der Waals surface area contributed by atoms with Gasteiger partial charge in [-0.15, -0.1) is 0 Å². The van der Waals surface area contributed by atoms with Crippen molar-refractivity contribution in [2.75, 3.05) is 0 Å². The number of fused-ring (bicyclic) bond motifs is 7. The minimum Gasteiger partial charge on any atom is -0.458 e. The van der Waals surface area contributed by atoms with Gasteiger partial charge in [-0.2, -0.15) is 0 Å². The summed E-state index contributed by atoms with van der Waals surface area (Å²) in [4.78, 5) is 25.4. The van der Waals surface area contributed by atoms with Crippen LogP contribution in [-0.4, -0.2) is 23.5 Å². The van der Waals surface area contributed by atoms with Crippen LogP contribution in [-0.2, 0) is 14.3 Å². The monoisotopic (exact) mass is 411 g/mol. The minimum absolute atomic E-state index is 0.0276. The van der Waals surface area contributed by atoms with E-state index in [0.717, 1.165) is 38.0 Å². The van der Waals surface area contributed by atoms with Gasteiger partial charge in [0.05, 0.1) is 0 Å². The van der Waals surface area contributed by atoms with Crippen LogP contribution in [0.15, 0.2) is 12.2 Å². The van der Waals surface area contributed by atoms with Gasteiger partial charge in [-0.1, -0.05) is 19.9 Å². The largest absolute Gasteiger partial charge is 0.458 e. The smallest absolute Gasteiger partial charge is 0.330 e. The van der Waals surface area contributed by atoms with E-state index in [4.69, 9.17) is 4.74 Å². The Morgan fingerprint density at radius 2 is 1.80 bits per heavy atom. The molecule has 0 radical (unpaired) electrons. The van der Waals surface area contributed by atoms with Gasteiger partial charge in [0.1, 0.15) is 6.10 Å². The maximum atomic E-state index is 13.6. The van der Waals surface area contributed by atoms with E-state index >= 15 is 0 Å². The van der Waals surface area contributed by atoms with E-state index in [9.17, 15) is 9.59 Å². The number of ether oxygens (including phenoxy) is 1. The number of hydrogen-bond donors (Lipinski definition) is 1. The van der Waals surface area contributed by atoms with Gasteiger partial charge in [-0.05, 0) is 99.7 Å². The number of rotatable bonds is 2. The molecular weight excluding hydrogens is 374 g/mol. The standard InChI is InChI=1S/C26H37NO3/c1-24-11-9-19-17(3-6-21-25(19,2)12-10-22(28)30-21)18(24)4-5-20(24)23(29)27-26-13-7-16(15-26)8-14-26/h10,12,16-21H,3-9,11,13-15H2,1-2H3,(H,27,29)/t16?,17-,18-,19-,20+,21+,24-,25+,26?/m0/s1. The Bertz CT molecular complexity index is 796. The quantitative estimate of drug-likeness (QED) is 0.666. The maximum absolute atomic E-state index is 13.6. The first-order valence-electron chi connectivity index (χ1n) is 12.5. The average molecular weight is 412 g/mol. The lowest BCUT2D eigenvalue weighted by Crippen LogP contribution is -2.56. The van der Waals surface area contributed by atoms with E-state index in [1.165, 1.54) is 38.5 Å². The van der Waals surface area contributed by atoms with Crippen LogP contribution in [0.2, 0.25) is 0 Å². The molecule has 6 rings (SSSR count). The Morgan fingerprint density at radius 3 is 2.53 bits per heavy atom. The van der Waals surface area contributed by atoms with Crippen LogP contribution in [0.3, 0.4) is 0 Å². The Hall–Kier alpha value is -1.32. The maximum Gasteiger partial charge on any atom is 0.330 e. The van der Waals surface area contributed by atoms with Crippen LogP contribution in [0, 0.1) is 40.4 Å². The molecule has 0 saturated heterocycles. The fourth-order valence-electron chi connectivity index (χ4n) is 9.35. The topological polar surface area (TPSA) is 55.4 Å². The van der Waals surface area contributed by atoms with Gasteiger partial charge in [0, 0.05) is 22.9 Å². The van der Waals surface area contributed by atoms with Gasteiger partial charge in [0.15, 0.2) is 0 Å². The van der Waals surface area contributed by atoms with Crippen molar-refractivity contribution >= 4 is 11.9 Å². The second kappa shape index (κ2) is 6.36. The molecule has 1 aliphatic heterocycles. The summed E-state index contributed by atoms with van der Waals surface area (Å²) < 4.78 is 5.75. The summed E-state index contributed by atoms with van der Waals surface area (Å²) in [5.41, 5.74) is 0.243. The lowest BCUT2D eigenvalue weighted by Gasteiger charge is -2.58. The van der Waals surface area contributed by atoms with Crippen molar-refractivity contribution in [3.8, 4) is 0 Å². The number of amides is 1. The van der Waals surface area contributed by atoms with Gasteiger partial charge in [0.2, 0.25) is 5.91 Å². The first-order valence-corrected chi connectivity index (χ1v) is 12.5. The summed E-state index contributed by atoms with van der Waals surface area (Å²) in [6.45, 7) is 4.75. The predicted molar refractivity (Wildman–Crippen MR) is 114 cm³/mol. The summed E-state index contributed by atoms with van der Waals surface area (Å²) in [6.07, 6.45) is 16.8. The number of nitrogens with one attached hydrogen (secondary N) is 1. The van der Waals surface area contributed by atoms with Crippen LogP contribution in [0.25, 0.3) is 0 Å². The third-order valence-electron chi connectivity index (χ3n) is 11.0. The molecule has 6 aliphatic rings. The molecule has 0 spiro atoms. The van der Waals surface area contributed by atoms with E-state index < -0.39 is 0 Å². The number of hydrogen-bond acceptors (Lipinski definition) is 3. The highest BCUT2D eigenvalue weighted by Gasteiger charge is 2.62. The van der Waals surface area contributed by atoms with E-state index in [0.29, 0.717) is 23.7 Å². The van der Waals surface area contributed by atoms with Gasteiger partial charge in [-0.3, -0.25) is 4.79 Å². The van der Waals surface area contributed by atoms with Crippen LogP contribution in [0.5, 0.6) is 0 Å². The molecule has 0 aromatic heterocycles. The molecule has 4 heteroatoms. The molecule has 5 saturated carbocycles. The summed E-state index contributed by atoms with van der Waals surface area (Å²) in [7, 11) is 0. The molecule has 5 fully saturated rings.